The van der Waals surface area contributed by atoms with E-state index in [0.29, 0.717) is 0 Å². The average molecular weight is 281 g/mol. The van der Waals surface area contributed by atoms with Crippen LogP contribution < -0.4 is 9.64 Å². The van der Waals surface area contributed by atoms with Gasteiger partial charge in [-0.05, 0) is 42.8 Å². The van der Waals surface area contributed by atoms with Gasteiger partial charge in [0.1, 0.15) is 0 Å². The zero-order valence-corrected chi connectivity index (χ0v) is 11.6. The summed E-state index contributed by atoms with van der Waals surface area (Å²) in [4.78, 5) is 12.8. The van der Waals surface area contributed by atoms with E-state index in [4.69, 9.17) is 9.84 Å². The minimum absolute atomic E-state index is 0.739. The lowest BCUT2D eigenvalue weighted by Crippen LogP contribution is -2.20. The summed E-state index contributed by atoms with van der Waals surface area (Å²) in [6.07, 6.45) is 2.68. The van der Waals surface area contributed by atoms with Crippen molar-refractivity contribution in [3.05, 3.63) is 54.1 Å². The Morgan fingerprint density at radius 2 is 1.95 bits per heavy atom. The maximum atomic E-state index is 10.6. The fourth-order valence-corrected chi connectivity index (χ4v) is 2.46. The standard InChI is InChI=1S/C17H15NO3/c1-2-18-13-5-3-4-6-15(13)21-16-11-12(7-9-14(16)18)8-10-17(19)20/h3-11H,2H2,1H3,(H,19,20)/b10-8+. The Kier molecular flexibility index (Phi) is 3.36. The molecular formula is C17H15NO3. The van der Waals surface area contributed by atoms with E-state index in [1.807, 2.05) is 42.5 Å². The summed E-state index contributed by atoms with van der Waals surface area (Å²) < 4.78 is 5.93. The Balaban J connectivity index is 2.03. The molecule has 106 valence electrons. The van der Waals surface area contributed by atoms with Crippen molar-refractivity contribution in [1.82, 2.24) is 0 Å². The zero-order valence-electron chi connectivity index (χ0n) is 11.6. The van der Waals surface area contributed by atoms with E-state index in [0.717, 1.165) is 41.1 Å². The van der Waals surface area contributed by atoms with E-state index in [2.05, 4.69) is 11.8 Å². The first kappa shape index (κ1) is 13.2. The molecule has 2 aromatic carbocycles. The number of ether oxygens (including phenoxy) is 1. The summed E-state index contributed by atoms with van der Waals surface area (Å²) in [5.74, 6) is 0.587. The summed E-state index contributed by atoms with van der Waals surface area (Å²) in [6, 6.07) is 13.6. The first-order valence-corrected chi connectivity index (χ1v) is 6.78. The number of benzene rings is 2. The molecule has 1 heterocycles. The lowest BCUT2D eigenvalue weighted by Gasteiger charge is -2.32. The van der Waals surface area contributed by atoms with Crippen LogP contribution in [0.15, 0.2) is 48.5 Å². The fourth-order valence-electron chi connectivity index (χ4n) is 2.46. The summed E-state index contributed by atoms with van der Waals surface area (Å²) in [5, 5.41) is 8.70. The molecule has 1 aliphatic rings. The maximum Gasteiger partial charge on any atom is 0.328 e. The minimum atomic E-state index is -0.964. The van der Waals surface area contributed by atoms with Crippen LogP contribution in [0.5, 0.6) is 11.5 Å². The van der Waals surface area contributed by atoms with Crippen LogP contribution in [0.1, 0.15) is 12.5 Å². The highest BCUT2D eigenvalue weighted by atomic mass is 16.5. The molecule has 0 aromatic heterocycles. The maximum absolute atomic E-state index is 10.6. The van der Waals surface area contributed by atoms with Gasteiger partial charge in [0.2, 0.25) is 0 Å². The first-order chi connectivity index (χ1) is 10.2. The number of nitrogens with zero attached hydrogens (tertiary/aromatic N) is 1. The van der Waals surface area contributed by atoms with Gasteiger partial charge in [-0.25, -0.2) is 4.79 Å². The Morgan fingerprint density at radius 3 is 2.71 bits per heavy atom. The van der Waals surface area contributed by atoms with Crippen molar-refractivity contribution in [2.24, 2.45) is 0 Å². The van der Waals surface area contributed by atoms with Crippen molar-refractivity contribution in [3.63, 3.8) is 0 Å². The van der Waals surface area contributed by atoms with Gasteiger partial charge >= 0.3 is 5.97 Å². The average Bonchev–Trinajstić information content (AvgIpc) is 2.50. The van der Waals surface area contributed by atoms with E-state index >= 15 is 0 Å². The second kappa shape index (κ2) is 5.32. The molecule has 0 amide bonds. The molecule has 0 spiro atoms. The minimum Gasteiger partial charge on any atom is -0.478 e. The molecule has 4 heteroatoms. The van der Waals surface area contributed by atoms with E-state index < -0.39 is 5.97 Å². The number of hydrogen-bond acceptors (Lipinski definition) is 3. The number of para-hydroxylation sites is 2. The third kappa shape index (κ3) is 2.48. The molecule has 0 saturated carbocycles. The molecule has 0 unspecified atom stereocenters. The van der Waals surface area contributed by atoms with Crippen molar-refractivity contribution in [1.29, 1.82) is 0 Å². The monoisotopic (exact) mass is 281 g/mol. The van der Waals surface area contributed by atoms with Gasteiger partial charge in [0.15, 0.2) is 11.5 Å². The molecule has 1 aliphatic heterocycles. The highest BCUT2D eigenvalue weighted by Gasteiger charge is 2.22. The Morgan fingerprint density at radius 1 is 1.19 bits per heavy atom. The van der Waals surface area contributed by atoms with Gasteiger partial charge in [-0.3, -0.25) is 0 Å². The highest BCUT2D eigenvalue weighted by molar-refractivity contribution is 5.86. The highest BCUT2D eigenvalue weighted by Crippen LogP contribution is 2.46. The molecule has 0 radical (unpaired) electrons. The molecule has 3 rings (SSSR count). The van der Waals surface area contributed by atoms with Gasteiger partial charge < -0.3 is 14.7 Å². The summed E-state index contributed by atoms with van der Waals surface area (Å²) >= 11 is 0. The van der Waals surface area contributed by atoms with Crippen LogP contribution in [0, 0.1) is 0 Å². The predicted molar refractivity (Wildman–Crippen MR) is 82.3 cm³/mol. The fraction of sp³-hybridized carbons (Fsp3) is 0.118. The third-order valence-electron chi connectivity index (χ3n) is 3.39. The van der Waals surface area contributed by atoms with Crippen LogP contribution in [0.4, 0.5) is 11.4 Å². The molecule has 21 heavy (non-hydrogen) atoms. The number of fused-ring (bicyclic) bond motifs is 2. The molecule has 0 bridgehead atoms. The largest absolute Gasteiger partial charge is 0.478 e. The zero-order chi connectivity index (χ0) is 14.8. The number of hydrogen-bond donors (Lipinski definition) is 1. The second-order valence-electron chi connectivity index (χ2n) is 4.71. The lowest BCUT2D eigenvalue weighted by atomic mass is 10.1. The number of rotatable bonds is 3. The summed E-state index contributed by atoms with van der Waals surface area (Å²) in [5.41, 5.74) is 2.83. The van der Waals surface area contributed by atoms with Gasteiger partial charge in [-0.15, -0.1) is 0 Å². The van der Waals surface area contributed by atoms with E-state index in [-0.39, 0.29) is 0 Å². The van der Waals surface area contributed by atoms with Gasteiger partial charge in [0, 0.05) is 12.6 Å². The number of carbonyl (C=O) groups is 1. The van der Waals surface area contributed by atoms with Gasteiger partial charge in [-0.2, -0.15) is 0 Å². The quantitative estimate of drug-likeness (QED) is 0.862. The van der Waals surface area contributed by atoms with Crippen molar-refractivity contribution in [2.45, 2.75) is 6.92 Å². The molecular weight excluding hydrogens is 266 g/mol. The summed E-state index contributed by atoms with van der Waals surface area (Å²) in [6.45, 7) is 2.92. The van der Waals surface area contributed by atoms with E-state index in [1.165, 1.54) is 0 Å². The predicted octanol–water partition coefficient (Wildman–Crippen LogP) is 4.05. The van der Waals surface area contributed by atoms with Crippen LogP contribution in [-0.4, -0.2) is 17.6 Å². The van der Waals surface area contributed by atoms with Gasteiger partial charge in [0.25, 0.3) is 0 Å². The lowest BCUT2D eigenvalue weighted by molar-refractivity contribution is -0.131. The summed E-state index contributed by atoms with van der Waals surface area (Å²) in [7, 11) is 0. The molecule has 4 nitrogen and oxygen atoms in total. The van der Waals surface area contributed by atoms with Crippen LogP contribution in [0.25, 0.3) is 6.08 Å². The van der Waals surface area contributed by atoms with Crippen molar-refractivity contribution in [2.75, 3.05) is 11.4 Å². The van der Waals surface area contributed by atoms with Crippen LogP contribution >= 0.6 is 0 Å². The molecule has 0 saturated heterocycles. The molecule has 0 atom stereocenters. The Labute approximate surface area is 122 Å². The van der Waals surface area contributed by atoms with E-state index in [9.17, 15) is 4.79 Å². The third-order valence-corrected chi connectivity index (χ3v) is 3.39. The Hall–Kier alpha value is -2.75. The second-order valence-corrected chi connectivity index (χ2v) is 4.71. The van der Waals surface area contributed by atoms with Gasteiger partial charge in [0.05, 0.1) is 11.4 Å². The van der Waals surface area contributed by atoms with E-state index in [1.54, 1.807) is 6.08 Å². The SMILES string of the molecule is CCN1c2ccccc2Oc2cc(/C=C/C(=O)O)ccc21. The molecule has 0 fully saturated rings. The normalized spacial score (nSPS) is 12.7. The molecule has 1 N–H and O–H groups in total. The number of aliphatic carboxylic acids is 1. The molecule has 0 aliphatic carbocycles. The number of carboxylic acid groups (broad SMARTS) is 1. The van der Waals surface area contributed by atoms with Crippen molar-refractivity contribution >= 4 is 23.4 Å². The number of carboxylic acids is 1. The van der Waals surface area contributed by atoms with Crippen molar-refractivity contribution < 1.29 is 14.6 Å². The number of anilines is 2. The van der Waals surface area contributed by atoms with Gasteiger partial charge in [-0.1, -0.05) is 18.2 Å². The van der Waals surface area contributed by atoms with Crippen molar-refractivity contribution in [3.8, 4) is 11.5 Å². The Bertz CT molecular complexity index is 722. The van der Waals surface area contributed by atoms with Crippen LogP contribution in [0.3, 0.4) is 0 Å². The smallest absolute Gasteiger partial charge is 0.328 e. The first-order valence-electron chi connectivity index (χ1n) is 6.78. The topological polar surface area (TPSA) is 49.8 Å². The molecule has 2 aromatic rings. The van der Waals surface area contributed by atoms with Crippen LogP contribution in [-0.2, 0) is 4.79 Å². The van der Waals surface area contributed by atoms with Crippen LogP contribution in [0.2, 0.25) is 0 Å².